The van der Waals surface area contributed by atoms with Gasteiger partial charge in [0.25, 0.3) is 0 Å². The first kappa shape index (κ1) is 14.0. The zero-order valence-corrected chi connectivity index (χ0v) is 13.8. The van der Waals surface area contributed by atoms with Crippen molar-refractivity contribution in [3.05, 3.63) is 65.9 Å². The normalized spacial score (nSPS) is 11.4. The fourth-order valence-electron chi connectivity index (χ4n) is 3.57. The molecule has 0 spiro atoms. The van der Waals surface area contributed by atoms with E-state index >= 15 is 0 Å². The van der Waals surface area contributed by atoms with Gasteiger partial charge in [-0.3, -0.25) is 4.98 Å². The number of fused-ring (bicyclic) bond motifs is 3. The molecule has 0 aliphatic rings. The lowest BCUT2D eigenvalue weighted by Crippen LogP contribution is -1.93. The van der Waals surface area contributed by atoms with E-state index in [2.05, 4.69) is 73.9 Å². The zero-order valence-electron chi connectivity index (χ0n) is 13.8. The first-order valence-electron chi connectivity index (χ1n) is 8.13. The summed E-state index contributed by atoms with van der Waals surface area (Å²) in [6.07, 6.45) is 2.02. The maximum absolute atomic E-state index is 4.74. The van der Waals surface area contributed by atoms with Gasteiger partial charge in [0.1, 0.15) is 0 Å². The predicted octanol–water partition coefficient (Wildman–Crippen LogP) is 5.49. The summed E-state index contributed by atoms with van der Waals surface area (Å²) in [5.41, 5.74) is 7.28. The fraction of sp³-hybridized carbons (Fsp3) is 0.190. The quantitative estimate of drug-likeness (QED) is 0.478. The summed E-state index contributed by atoms with van der Waals surface area (Å²) in [7, 11) is 0. The summed E-state index contributed by atoms with van der Waals surface area (Å²) in [5, 5.41) is 2.59. The Hall–Kier alpha value is -2.61. The SMILES string of the molecule is CCn1c2ccccc2c2cc(-c3cc(C)cc(C)c3)ncc21. The zero-order chi connectivity index (χ0) is 16.0. The van der Waals surface area contributed by atoms with Gasteiger partial charge in [0, 0.05) is 28.4 Å². The van der Waals surface area contributed by atoms with Gasteiger partial charge in [-0.05, 0) is 45.0 Å². The van der Waals surface area contributed by atoms with Crippen LogP contribution in [0, 0.1) is 13.8 Å². The van der Waals surface area contributed by atoms with E-state index in [1.54, 1.807) is 0 Å². The molecular formula is C21H20N2. The number of nitrogens with zero attached hydrogens (tertiary/aromatic N) is 2. The number of pyridine rings is 1. The molecule has 0 fully saturated rings. The number of aromatic nitrogens is 2. The second-order valence-electron chi connectivity index (χ2n) is 6.22. The first-order chi connectivity index (χ1) is 11.2. The maximum atomic E-state index is 4.74. The number of rotatable bonds is 2. The molecule has 2 heteroatoms. The summed E-state index contributed by atoms with van der Waals surface area (Å²) < 4.78 is 2.34. The number of benzene rings is 2. The van der Waals surface area contributed by atoms with Gasteiger partial charge in [0.2, 0.25) is 0 Å². The van der Waals surface area contributed by atoms with Gasteiger partial charge in [0.05, 0.1) is 17.4 Å². The van der Waals surface area contributed by atoms with E-state index in [4.69, 9.17) is 4.98 Å². The summed E-state index contributed by atoms with van der Waals surface area (Å²) in [6.45, 7) is 7.41. The lowest BCUT2D eigenvalue weighted by atomic mass is 10.0. The Labute approximate surface area is 136 Å². The van der Waals surface area contributed by atoms with Crippen molar-refractivity contribution in [2.24, 2.45) is 0 Å². The van der Waals surface area contributed by atoms with Crippen LogP contribution >= 0.6 is 0 Å². The smallest absolute Gasteiger partial charge is 0.0710 e. The van der Waals surface area contributed by atoms with Gasteiger partial charge in [0.15, 0.2) is 0 Å². The third-order valence-electron chi connectivity index (χ3n) is 4.49. The van der Waals surface area contributed by atoms with E-state index in [0.29, 0.717) is 0 Å². The standard InChI is InChI=1S/C21H20N2/c1-4-23-20-8-6-5-7-17(20)18-12-19(22-13-21(18)23)16-10-14(2)9-15(3)11-16/h5-13H,4H2,1-3H3. The number of hydrogen-bond donors (Lipinski definition) is 0. The minimum Gasteiger partial charge on any atom is -0.339 e. The molecule has 0 saturated carbocycles. The highest BCUT2D eigenvalue weighted by Crippen LogP contribution is 2.31. The van der Waals surface area contributed by atoms with Gasteiger partial charge in [-0.15, -0.1) is 0 Å². The summed E-state index contributed by atoms with van der Waals surface area (Å²) >= 11 is 0. The van der Waals surface area contributed by atoms with Crippen LogP contribution in [0.15, 0.2) is 54.7 Å². The summed E-state index contributed by atoms with van der Waals surface area (Å²) in [5.74, 6) is 0. The van der Waals surface area contributed by atoms with Gasteiger partial charge >= 0.3 is 0 Å². The molecule has 4 rings (SSSR count). The highest BCUT2D eigenvalue weighted by atomic mass is 15.0. The van der Waals surface area contributed by atoms with Crippen molar-refractivity contribution in [1.29, 1.82) is 0 Å². The van der Waals surface area contributed by atoms with E-state index in [9.17, 15) is 0 Å². The van der Waals surface area contributed by atoms with Gasteiger partial charge < -0.3 is 4.57 Å². The second kappa shape index (κ2) is 5.24. The molecule has 0 amide bonds. The van der Waals surface area contributed by atoms with Crippen LogP contribution in [-0.2, 0) is 6.54 Å². The van der Waals surface area contributed by atoms with Crippen LogP contribution in [0.1, 0.15) is 18.1 Å². The molecular weight excluding hydrogens is 280 g/mol. The molecule has 2 nitrogen and oxygen atoms in total. The van der Waals surface area contributed by atoms with E-state index in [-0.39, 0.29) is 0 Å². The lowest BCUT2D eigenvalue weighted by molar-refractivity contribution is 0.825. The number of hydrogen-bond acceptors (Lipinski definition) is 1. The molecule has 23 heavy (non-hydrogen) atoms. The predicted molar refractivity (Wildman–Crippen MR) is 97.8 cm³/mol. The molecule has 0 aliphatic heterocycles. The van der Waals surface area contributed by atoms with Crippen LogP contribution in [-0.4, -0.2) is 9.55 Å². The molecule has 2 heterocycles. The number of para-hydroxylation sites is 1. The molecule has 0 bridgehead atoms. The van der Waals surface area contributed by atoms with Crippen molar-refractivity contribution in [2.75, 3.05) is 0 Å². The maximum Gasteiger partial charge on any atom is 0.0710 e. The van der Waals surface area contributed by atoms with Crippen molar-refractivity contribution in [2.45, 2.75) is 27.3 Å². The topological polar surface area (TPSA) is 17.8 Å². The molecule has 2 aromatic carbocycles. The molecule has 0 aliphatic carbocycles. The Morgan fingerprint density at radius 3 is 2.35 bits per heavy atom. The van der Waals surface area contributed by atoms with Crippen molar-refractivity contribution in [3.63, 3.8) is 0 Å². The fourth-order valence-corrected chi connectivity index (χ4v) is 3.57. The van der Waals surface area contributed by atoms with E-state index < -0.39 is 0 Å². The van der Waals surface area contributed by atoms with Crippen LogP contribution in [0.3, 0.4) is 0 Å². The third kappa shape index (κ3) is 2.22. The molecule has 0 N–H and O–H groups in total. The van der Waals surface area contributed by atoms with Crippen molar-refractivity contribution in [3.8, 4) is 11.3 Å². The molecule has 114 valence electrons. The average molecular weight is 300 g/mol. The van der Waals surface area contributed by atoms with E-state index in [1.165, 1.54) is 38.5 Å². The molecule has 0 radical (unpaired) electrons. The molecule has 4 aromatic rings. The van der Waals surface area contributed by atoms with Crippen LogP contribution in [0.25, 0.3) is 33.1 Å². The molecule has 2 aromatic heterocycles. The van der Waals surface area contributed by atoms with E-state index in [1.807, 2.05) is 6.20 Å². The van der Waals surface area contributed by atoms with Crippen molar-refractivity contribution >= 4 is 21.8 Å². The van der Waals surface area contributed by atoms with Crippen molar-refractivity contribution < 1.29 is 0 Å². The van der Waals surface area contributed by atoms with Crippen LogP contribution < -0.4 is 0 Å². The van der Waals surface area contributed by atoms with Gasteiger partial charge in [-0.25, -0.2) is 0 Å². The Bertz CT molecular complexity index is 1000. The minimum atomic E-state index is 0.953. The Morgan fingerprint density at radius 1 is 0.870 bits per heavy atom. The van der Waals surface area contributed by atoms with Crippen LogP contribution in [0.5, 0.6) is 0 Å². The monoisotopic (exact) mass is 300 g/mol. The van der Waals surface area contributed by atoms with Crippen LogP contribution in [0.4, 0.5) is 0 Å². The summed E-state index contributed by atoms with van der Waals surface area (Å²) in [6, 6.07) is 17.5. The highest BCUT2D eigenvalue weighted by molar-refractivity contribution is 6.08. The lowest BCUT2D eigenvalue weighted by Gasteiger charge is -2.06. The molecule has 0 saturated heterocycles. The Morgan fingerprint density at radius 2 is 1.61 bits per heavy atom. The number of aryl methyl sites for hydroxylation is 3. The van der Waals surface area contributed by atoms with Crippen molar-refractivity contribution in [1.82, 2.24) is 9.55 Å². The largest absolute Gasteiger partial charge is 0.339 e. The third-order valence-corrected chi connectivity index (χ3v) is 4.49. The Balaban J connectivity index is 2.03. The summed E-state index contributed by atoms with van der Waals surface area (Å²) in [4.78, 5) is 4.74. The molecule has 0 unspecified atom stereocenters. The van der Waals surface area contributed by atoms with Gasteiger partial charge in [-0.2, -0.15) is 0 Å². The minimum absolute atomic E-state index is 0.953. The first-order valence-corrected chi connectivity index (χ1v) is 8.13. The molecule has 0 atom stereocenters. The van der Waals surface area contributed by atoms with E-state index in [0.717, 1.165) is 12.2 Å². The highest BCUT2D eigenvalue weighted by Gasteiger charge is 2.11. The van der Waals surface area contributed by atoms with Gasteiger partial charge in [-0.1, -0.05) is 35.4 Å². The average Bonchev–Trinajstić information content (AvgIpc) is 2.87. The van der Waals surface area contributed by atoms with Crippen LogP contribution in [0.2, 0.25) is 0 Å². The second-order valence-corrected chi connectivity index (χ2v) is 6.22. The Kier molecular flexibility index (Phi) is 3.19.